The van der Waals surface area contributed by atoms with Gasteiger partial charge in [-0.1, -0.05) is 6.07 Å². The Morgan fingerprint density at radius 2 is 2.14 bits per heavy atom. The monoisotopic (exact) mass is 201 g/mol. The molecule has 0 fully saturated rings. The molecule has 0 aliphatic rings. The number of halogens is 2. The van der Waals surface area contributed by atoms with Gasteiger partial charge in [0.2, 0.25) is 0 Å². The second-order valence-electron chi connectivity index (χ2n) is 3.74. The van der Waals surface area contributed by atoms with Crippen LogP contribution in [0.15, 0.2) is 18.2 Å². The van der Waals surface area contributed by atoms with Crippen molar-refractivity contribution in [2.75, 3.05) is 6.67 Å². The van der Waals surface area contributed by atoms with E-state index in [1.165, 1.54) is 19.1 Å². The summed E-state index contributed by atoms with van der Waals surface area (Å²) in [7, 11) is 0. The zero-order valence-corrected chi connectivity index (χ0v) is 7.93. The molecule has 1 aromatic rings. The molecule has 1 rings (SSSR count). The van der Waals surface area contributed by atoms with Crippen molar-refractivity contribution < 1.29 is 13.9 Å². The molecule has 14 heavy (non-hydrogen) atoms. The van der Waals surface area contributed by atoms with E-state index in [9.17, 15) is 8.78 Å². The third kappa shape index (κ3) is 2.67. The molecule has 0 saturated carbocycles. The van der Waals surface area contributed by atoms with Gasteiger partial charge < -0.3 is 10.8 Å². The van der Waals surface area contributed by atoms with Gasteiger partial charge in [0, 0.05) is 11.6 Å². The van der Waals surface area contributed by atoms with Gasteiger partial charge in [0.1, 0.15) is 18.2 Å². The Balaban J connectivity index is 2.87. The second kappa shape index (κ2) is 3.92. The Hall–Kier alpha value is -1.16. The van der Waals surface area contributed by atoms with Crippen molar-refractivity contribution >= 4 is 0 Å². The van der Waals surface area contributed by atoms with Crippen molar-refractivity contribution in [1.29, 1.82) is 0 Å². The number of phenolic OH excluding ortho intramolecular Hbond substituents is 1. The molecule has 0 amide bonds. The van der Waals surface area contributed by atoms with Crippen molar-refractivity contribution in [3.05, 3.63) is 29.6 Å². The van der Waals surface area contributed by atoms with E-state index in [2.05, 4.69) is 0 Å². The normalized spacial score (nSPS) is 15.1. The number of hydrogen-bond donors (Lipinski definition) is 2. The summed E-state index contributed by atoms with van der Waals surface area (Å²) in [4.78, 5) is 0. The highest BCUT2D eigenvalue weighted by atomic mass is 19.1. The summed E-state index contributed by atoms with van der Waals surface area (Å²) in [6, 6.07) is 3.75. The molecule has 0 aliphatic heterocycles. The van der Waals surface area contributed by atoms with Gasteiger partial charge >= 0.3 is 0 Å². The Morgan fingerprint density at radius 1 is 1.50 bits per heavy atom. The van der Waals surface area contributed by atoms with Crippen LogP contribution >= 0.6 is 0 Å². The molecule has 2 nitrogen and oxygen atoms in total. The Labute approximate surface area is 81.4 Å². The molecule has 4 heteroatoms. The number of alkyl halides is 1. The topological polar surface area (TPSA) is 46.2 Å². The maximum Gasteiger partial charge on any atom is 0.130 e. The zero-order chi connectivity index (χ0) is 10.8. The van der Waals surface area contributed by atoms with Gasteiger partial charge in [0.05, 0.1) is 0 Å². The van der Waals surface area contributed by atoms with Gasteiger partial charge in [-0.15, -0.1) is 0 Å². The van der Waals surface area contributed by atoms with Gasteiger partial charge in [-0.3, -0.25) is 0 Å². The molecule has 0 radical (unpaired) electrons. The number of aromatic hydroxyl groups is 1. The Morgan fingerprint density at radius 3 is 2.64 bits per heavy atom. The minimum absolute atomic E-state index is 0.107. The van der Waals surface area contributed by atoms with Gasteiger partial charge in [0.15, 0.2) is 0 Å². The fourth-order valence-electron chi connectivity index (χ4n) is 1.16. The van der Waals surface area contributed by atoms with Crippen LogP contribution in [0.5, 0.6) is 5.75 Å². The fourth-order valence-corrected chi connectivity index (χ4v) is 1.16. The molecule has 1 aromatic carbocycles. The third-order valence-corrected chi connectivity index (χ3v) is 1.94. The first-order valence-corrected chi connectivity index (χ1v) is 4.27. The smallest absolute Gasteiger partial charge is 0.130 e. The van der Waals surface area contributed by atoms with Crippen molar-refractivity contribution in [3.63, 3.8) is 0 Å². The summed E-state index contributed by atoms with van der Waals surface area (Å²) < 4.78 is 25.5. The molecule has 0 saturated heterocycles. The van der Waals surface area contributed by atoms with Crippen LogP contribution in [0.25, 0.3) is 0 Å². The zero-order valence-electron chi connectivity index (χ0n) is 7.93. The molecule has 0 aromatic heterocycles. The van der Waals surface area contributed by atoms with E-state index in [0.29, 0.717) is 5.56 Å². The molecule has 3 N–H and O–H groups in total. The van der Waals surface area contributed by atoms with Crippen molar-refractivity contribution in [3.8, 4) is 5.75 Å². The highest BCUT2D eigenvalue weighted by molar-refractivity contribution is 5.28. The van der Waals surface area contributed by atoms with Crippen LogP contribution < -0.4 is 5.73 Å². The summed E-state index contributed by atoms with van der Waals surface area (Å²) in [5.41, 5.74) is 4.80. The van der Waals surface area contributed by atoms with Crippen LogP contribution in [0.3, 0.4) is 0 Å². The Kier molecular flexibility index (Phi) is 3.06. The quantitative estimate of drug-likeness (QED) is 0.782. The molecule has 0 bridgehead atoms. The van der Waals surface area contributed by atoms with Crippen LogP contribution in [-0.4, -0.2) is 17.3 Å². The lowest BCUT2D eigenvalue weighted by atomic mass is 9.95. The number of rotatable bonds is 3. The van der Waals surface area contributed by atoms with Gasteiger partial charge in [-0.2, -0.15) is 0 Å². The molecule has 0 aliphatic carbocycles. The molecular formula is C10H13F2NO. The first-order valence-electron chi connectivity index (χ1n) is 4.27. The van der Waals surface area contributed by atoms with Crippen LogP contribution in [0.1, 0.15) is 12.5 Å². The van der Waals surface area contributed by atoms with Crippen molar-refractivity contribution in [2.45, 2.75) is 18.9 Å². The number of benzene rings is 1. The summed E-state index contributed by atoms with van der Waals surface area (Å²) in [5, 5.41) is 8.95. The average molecular weight is 201 g/mol. The Bertz CT molecular complexity index is 326. The van der Waals surface area contributed by atoms with E-state index in [4.69, 9.17) is 10.8 Å². The number of nitrogens with two attached hydrogens (primary N) is 1. The number of phenols is 1. The molecule has 78 valence electrons. The van der Waals surface area contributed by atoms with E-state index in [-0.39, 0.29) is 12.2 Å². The van der Waals surface area contributed by atoms with Crippen molar-refractivity contribution in [2.24, 2.45) is 5.73 Å². The van der Waals surface area contributed by atoms with Gasteiger partial charge in [-0.25, -0.2) is 8.78 Å². The summed E-state index contributed by atoms with van der Waals surface area (Å²) in [6.07, 6.45) is 0.107. The minimum Gasteiger partial charge on any atom is -0.508 e. The third-order valence-electron chi connectivity index (χ3n) is 1.94. The standard InChI is InChI=1S/C10H13F2NO/c1-10(13,6-11)5-7-2-3-8(14)4-9(7)12/h2-4,14H,5-6,13H2,1H3. The molecular weight excluding hydrogens is 188 g/mol. The highest BCUT2D eigenvalue weighted by Crippen LogP contribution is 2.19. The fraction of sp³-hybridized carbons (Fsp3) is 0.400. The predicted octanol–water partition coefficient (Wildman–Crippen LogP) is 1.76. The summed E-state index contributed by atoms with van der Waals surface area (Å²) in [5.74, 6) is -0.708. The minimum atomic E-state index is -1.06. The molecule has 0 heterocycles. The lowest BCUT2D eigenvalue weighted by molar-refractivity contribution is 0.324. The summed E-state index contributed by atoms with van der Waals surface area (Å²) in [6.45, 7) is 0.798. The van der Waals surface area contributed by atoms with E-state index < -0.39 is 18.0 Å². The van der Waals surface area contributed by atoms with Crippen molar-refractivity contribution in [1.82, 2.24) is 0 Å². The molecule has 0 spiro atoms. The van der Waals surface area contributed by atoms with E-state index in [0.717, 1.165) is 6.07 Å². The first kappa shape index (κ1) is 10.9. The lowest BCUT2D eigenvalue weighted by Gasteiger charge is -2.20. The van der Waals surface area contributed by atoms with Crippen LogP contribution in [0.4, 0.5) is 8.78 Å². The average Bonchev–Trinajstić information content (AvgIpc) is 2.10. The largest absolute Gasteiger partial charge is 0.508 e. The molecule has 1 atom stereocenters. The maximum absolute atomic E-state index is 13.2. The SMILES string of the molecule is CC(N)(CF)Cc1ccc(O)cc1F. The van der Waals surface area contributed by atoms with E-state index in [1.54, 1.807) is 0 Å². The van der Waals surface area contributed by atoms with Gasteiger partial charge in [0.25, 0.3) is 0 Å². The lowest BCUT2D eigenvalue weighted by Crippen LogP contribution is -2.41. The molecule has 1 unspecified atom stereocenters. The first-order chi connectivity index (χ1) is 6.44. The maximum atomic E-state index is 13.2. The predicted molar refractivity (Wildman–Crippen MR) is 50.3 cm³/mol. The highest BCUT2D eigenvalue weighted by Gasteiger charge is 2.20. The van der Waals surface area contributed by atoms with Crippen LogP contribution in [0.2, 0.25) is 0 Å². The van der Waals surface area contributed by atoms with Gasteiger partial charge in [-0.05, 0) is 25.0 Å². The van der Waals surface area contributed by atoms with E-state index >= 15 is 0 Å². The van der Waals surface area contributed by atoms with Crippen LogP contribution in [-0.2, 0) is 6.42 Å². The number of hydrogen-bond acceptors (Lipinski definition) is 2. The van der Waals surface area contributed by atoms with E-state index in [1.807, 2.05) is 0 Å². The second-order valence-corrected chi connectivity index (χ2v) is 3.74. The summed E-state index contributed by atoms with van der Waals surface area (Å²) >= 11 is 0. The van der Waals surface area contributed by atoms with Crippen LogP contribution in [0, 0.1) is 5.82 Å².